The highest BCUT2D eigenvalue weighted by molar-refractivity contribution is 6.01. The molecule has 0 bridgehead atoms. The van der Waals surface area contributed by atoms with Crippen LogP contribution in [0.2, 0.25) is 0 Å². The first-order valence-electron chi connectivity index (χ1n) is 8.58. The van der Waals surface area contributed by atoms with Gasteiger partial charge in [0.2, 0.25) is 0 Å². The standard InChI is InChI=1S/C21H19FN4O/c1-26-9-8-23-20(26)13-25-21-18-11-15(22)6-7-17(18)19(12-24-21)14-4-3-5-16(10-14)27-2/h3-12H,13H2,1-2H3,(H,24,25). The molecule has 1 N–H and O–H groups in total. The van der Waals surface area contributed by atoms with Gasteiger partial charge in [-0.3, -0.25) is 0 Å². The number of fused-ring (bicyclic) bond motifs is 1. The van der Waals surface area contributed by atoms with Crippen LogP contribution in [0.5, 0.6) is 5.75 Å². The summed E-state index contributed by atoms with van der Waals surface area (Å²) in [6, 6.07) is 12.5. The fourth-order valence-corrected chi connectivity index (χ4v) is 3.11. The normalized spacial score (nSPS) is 10.9. The molecule has 0 unspecified atom stereocenters. The Morgan fingerprint density at radius 2 is 2.00 bits per heavy atom. The number of aromatic nitrogens is 3. The summed E-state index contributed by atoms with van der Waals surface area (Å²) in [6.07, 6.45) is 5.43. The Balaban J connectivity index is 1.78. The lowest BCUT2D eigenvalue weighted by Gasteiger charge is -2.13. The van der Waals surface area contributed by atoms with Crippen LogP contribution in [0.3, 0.4) is 0 Å². The summed E-state index contributed by atoms with van der Waals surface area (Å²) in [5.41, 5.74) is 1.89. The molecule has 0 spiro atoms. The minimum atomic E-state index is -0.299. The summed E-state index contributed by atoms with van der Waals surface area (Å²) in [7, 11) is 3.57. The molecule has 4 rings (SSSR count). The molecule has 0 aliphatic heterocycles. The number of ether oxygens (including phenoxy) is 1. The van der Waals surface area contributed by atoms with Crippen molar-refractivity contribution < 1.29 is 9.13 Å². The highest BCUT2D eigenvalue weighted by Gasteiger charge is 2.11. The van der Waals surface area contributed by atoms with Gasteiger partial charge in [-0.1, -0.05) is 18.2 Å². The summed E-state index contributed by atoms with van der Waals surface area (Å²) in [4.78, 5) is 8.85. The van der Waals surface area contributed by atoms with Crippen molar-refractivity contribution in [2.45, 2.75) is 6.54 Å². The molecule has 0 aliphatic carbocycles. The number of imidazole rings is 1. The Hall–Kier alpha value is -3.41. The van der Waals surface area contributed by atoms with E-state index < -0.39 is 0 Å². The predicted octanol–water partition coefficient (Wildman–Crippen LogP) is 4.40. The van der Waals surface area contributed by atoms with Gasteiger partial charge in [0.1, 0.15) is 23.2 Å². The lowest BCUT2D eigenvalue weighted by Crippen LogP contribution is -2.07. The molecule has 0 atom stereocenters. The molecule has 4 aromatic rings. The summed E-state index contributed by atoms with van der Waals surface area (Å²) in [5.74, 6) is 1.96. The van der Waals surface area contributed by atoms with E-state index in [4.69, 9.17) is 4.74 Å². The Labute approximate surface area is 156 Å². The molecule has 0 aliphatic rings. The number of halogens is 1. The molecule has 2 heterocycles. The Bertz CT molecular complexity index is 1110. The Kier molecular flexibility index (Phi) is 4.46. The maximum atomic E-state index is 14.0. The van der Waals surface area contributed by atoms with Crippen LogP contribution >= 0.6 is 0 Å². The summed E-state index contributed by atoms with van der Waals surface area (Å²) >= 11 is 0. The van der Waals surface area contributed by atoms with Gasteiger partial charge in [-0.15, -0.1) is 0 Å². The molecule has 6 heteroatoms. The number of nitrogens with zero attached hydrogens (tertiary/aromatic N) is 3. The minimum absolute atomic E-state index is 0.299. The third-order valence-electron chi connectivity index (χ3n) is 4.57. The topological polar surface area (TPSA) is 52.0 Å². The quantitative estimate of drug-likeness (QED) is 0.572. The number of hydrogen-bond acceptors (Lipinski definition) is 4. The van der Waals surface area contributed by atoms with Crippen molar-refractivity contribution in [3.63, 3.8) is 0 Å². The summed E-state index contributed by atoms with van der Waals surface area (Å²) in [5, 5.41) is 4.92. The van der Waals surface area contributed by atoms with E-state index in [1.807, 2.05) is 42.1 Å². The number of nitrogens with one attached hydrogen (secondary N) is 1. The van der Waals surface area contributed by atoms with Gasteiger partial charge in [-0.25, -0.2) is 14.4 Å². The highest BCUT2D eigenvalue weighted by atomic mass is 19.1. The van der Waals surface area contributed by atoms with Gasteiger partial charge < -0.3 is 14.6 Å². The molecule has 0 radical (unpaired) electrons. The minimum Gasteiger partial charge on any atom is -0.497 e. The maximum absolute atomic E-state index is 14.0. The number of pyridine rings is 1. The van der Waals surface area contributed by atoms with Gasteiger partial charge in [-0.05, 0) is 35.2 Å². The van der Waals surface area contributed by atoms with Gasteiger partial charge in [0, 0.05) is 36.6 Å². The van der Waals surface area contributed by atoms with Crippen LogP contribution in [0.15, 0.2) is 61.1 Å². The SMILES string of the molecule is COc1cccc(-c2cnc(NCc3nccn3C)c3cc(F)ccc23)c1. The van der Waals surface area contributed by atoms with Crippen molar-refractivity contribution in [2.75, 3.05) is 12.4 Å². The van der Waals surface area contributed by atoms with Crippen molar-refractivity contribution in [2.24, 2.45) is 7.05 Å². The van der Waals surface area contributed by atoms with Crippen molar-refractivity contribution in [1.82, 2.24) is 14.5 Å². The molecule has 0 fully saturated rings. The van der Waals surface area contributed by atoms with Gasteiger partial charge in [0.25, 0.3) is 0 Å². The van der Waals surface area contributed by atoms with E-state index in [-0.39, 0.29) is 5.82 Å². The second kappa shape index (κ2) is 7.07. The largest absolute Gasteiger partial charge is 0.497 e. The van der Waals surface area contributed by atoms with E-state index in [1.54, 1.807) is 25.6 Å². The van der Waals surface area contributed by atoms with Crippen LogP contribution < -0.4 is 10.1 Å². The molecule has 27 heavy (non-hydrogen) atoms. The first kappa shape index (κ1) is 17.0. The zero-order valence-corrected chi connectivity index (χ0v) is 15.1. The third-order valence-corrected chi connectivity index (χ3v) is 4.57. The molecule has 0 saturated carbocycles. The lowest BCUT2D eigenvalue weighted by atomic mass is 10.00. The molecule has 2 aromatic heterocycles. The van der Waals surface area contributed by atoms with E-state index in [1.165, 1.54) is 12.1 Å². The Morgan fingerprint density at radius 3 is 2.78 bits per heavy atom. The van der Waals surface area contributed by atoms with Gasteiger partial charge >= 0.3 is 0 Å². The second-order valence-electron chi connectivity index (χ2n) is 6.25. The average Bonchev–Trinajstić information content (AvgIpc) is 3.10. The summed E-state index contributed by atoms with van der Waals surface area (Å²) in [6.45, 7) is 0.501. The number of benzene rings is 2. The van der Waals surface area contributed by atoms with Crippen LogP contribution in [0.4, 0.5) is 10.2 Å². The first-order valence-corrected chi connectivity index (χ1v) is 8.58. The van der Waals surface area contributed by atoms with Gasteiger partial charge in [-0.2, -0.15) is 0 Å². The number of methoxy groups -OCH3 is 1. The average molecular weight is 362 g/mol. The fourth-order valence-electron chi connectivity index (χ4n) is 3.11. The number of anilines is 1. The van der Waals surface area contributed by atoms with Crippen molar-refractivity contribution in [3.8, 4) is 16.9 Å². The van der Waals surface area contributed by atoms with Gasteiger partial charge in [0.15, 0.2) is 0 Å². The van der Waals surface area contributed by atoms with Crippen LogP contribution in [-0.4, -0.2) is 21.6 Å². The highest BCUT2D eigenvalue weighted by Crippen LogP contribution is 2.33. The number of hydrogen-bond donors (Lipinski definition) is 1. The predicted molar refractivity (Wildman–Crippen MR) is 104 cm³/mol. The van der Waals surface area contributed by atoms with Crippen LogP contribution in [0, 0.1) is 5.82 Å². The monoisotopic (exact) mass is 362 g/mol. The molecule has 0 saturated heterocycles. The van der Waals surface area contributed by atoms with Crippen molar-refractivity contribution in [1.29, 1.82) is 0 Å². The molecule has 136 valence electrons. The zero-order valence-electron chi connectivity index (χ0n) is 15.1. The van der Waals surface area contributed by atoms with E-state index in [0.717, 1.165) is 33.5 Å². The van der Waals surface area contributed by atoms with Crippen LogP contribution in [-0.2, 0) is 13.6 Å². The van der Waals surface area contributed by atoms with E-state index >= 15 is 0 Å². The summed E-state index contributed by atoms with van der Waals surface area (Å²) < 4.78 is 21.2. The molecule has 5 nitrogen and oxygen atoms in total. The number of rotatable bonds is 5. The number of aryl methyl sites for hydroxylation is 1. The lowest BCUT2D eigenvalue weighted by molar-refractivity contribution is 0.415. The molecular weight excluding hydrogens is 343 g/mol. The van der Waals surface area contributed by atoms with Crippen molar-refractivity contribution >= 4 is 16.6 Å². The molecule has 2 aromatic carbocycles. The van der Waals surface area contributed by atoms with Gasteiger partial charge in [0.05, 0.1) is 13.7 Å². The smallest absolute Gasteiger partial charge is 0.134 e. The van der Waals surface area contributed by atoms with E-state index in [0.29, 0.717) is 12.4 Å². The molecule has 0 amide bonds. The first-order chi connectivity index (χ1) is 13.2. The van der Waals surface area contributed by atoms with Crippen molar-refractivity contribution in [3.05, 3.63) is 72.7 Å². The maximum Gasteiger partial charge on any atom is 0.134 e. The zero-order chi connectivity index (χ0) is 18.8. The Morgan fingerprint density at radius 1 is 1.11 bits per heavy atom. The fraction of sp³-hybridized carbons (Fsp3) is 0.143. The second-order valence-corrected chi connectivity index (χ2v) is 6.25. The third kappa shape index (κ3) is 3.33. The molecular formula is C21H19FN4O. The van der Waals surface area contributed by atoms with Crippen LogP contribution in [0.25, 0.3) is 21.9 Å². The van der Waals surface area contributed by atoms with E-state index in [9.17, 15) is 4.39 Å². The van der Waals surface area contributed by atoms with E-state index in [2.05, 4.69) is 15.3 Å². The van der Waals surface area contributed by atoms with Crippen LogP contribution in [0.1, 0.15) is 5.82 Å².